The Labute approximate surface area is 169 Å². The second-order valence-corrected chi connectivity index (χ2v) is 7.57. The first kappa shape index (κ1) is 22.3. The van der Waals surface area contributed by atoms with Crippen LogP contribution in [-0.2, 0) is 0 Å². The zero-order valence-electron chi connectivity index (χ0n) is 14.5. The Kier molecular flexibility index (Phi) is 9.84. The van der Waals surface area contributed by atoms with Crippen molar-refractivity contribution in [3.63, 3.8) is 0 Å². The molecule has 25 heavy (non-hydrogen) atoms. The number of halogens is 1. The standard InChI is InChI=1S/C20H24ClO2P.Li.H/c1-4-5-6-12-23-16-10-11-18(15(3)13-16)24-20(22)19-14(2)8-7-9-17(19)21;;/h7-11,13,24H,4-6,12H2,1-3H3;;. The first-order chi connectivity index (χ1) is 11.5. The van der Waals surface area contributed by atoms with Gasteiger partial charge in [-0.05, 0) is 63.5 Å². The molecule has 130 valence electrons. The molecule has 0 spiro atoms. The summed E-state index contributed by atoms with van der Waals surface area (Å²) in [5.74, 6) is 0.874. The molecule has 2 nitrogen and oxygen atoms in total. The molecular formula is C20H25ClLiO2P. The van der Waals surface area contributed by atoms with Gasteiger partial charge >= 0.3 is 18.9 Å². The van der Waals surface area contributed by atoms with Gasteiger partial charge in [0.05, 0.1) is 11.6 Å². The molecule has 0 bridgehead atoms. The average Bonchev–Trinajstić information content (AvgIpc) is 2.54. The van der Waals surface area contributed by atoms with Crippen molar-refractivity contribution in [2.24, 2.45) is 0 Å². The van der Waals surface area contributed by atoms with Crippen LogP contribution in [0.5, 0.6) is 5.75 Å². The van der Waals surface area contributed by atoms with Gasteiger partial charge in [0.1, 0.15) is 5.75 Å². The van der Waals surface area contributed by atoms with Gasteiger partial charge in [0.25, 0.3) is 0 Å². The number of unbranched alkanes of at least 4 members (excludes halogenated alkanes) is 2. The summed E-state index contributed by atoms with van der Waals surface area (Å²) in [4.78, 5) is 12.6. The first-order valence-electron chi connectivity index (χ1n) is 8.33. The molecule has 2 rings (SSSR count). The summed E-state index contributed by atoms with van der Waals surface area (Å²) >= 11 is 6.20. The number of hydrogen-bond acceptors (Lipinski definition) is 2. The third-order valence-corrected chi connectivity index (χ3v) is 5.53. The van der Waals surface area contributed by atoms with E-state index in [9.17, 15) is 4.79 Å². The quantitative estimate of drug-likeness (QED) is 0.370. The van der Waals surface area contributed by atoms with Crippen LogP contribution >= 0.6 is 20.2 Å². The molecule has 5 heteroatoms. The number of ether oxygens (including phenoxy) is 1. The van der Waals surface area contributed by atoms with Crippen molar-refractivity contribution in [3.05, 3.63) is 58.1 Å². The van der Waals surface area contributed by atoms with E-state index in [-0.39, 0.29) is 33.0 Å². The van der Waals surface area contributed by atoms with Crippen LogP contribution in [0.4, 0.5) is 0 Å². The molecule has 0 radical (unpaired) electrons. The predicted molar refractivity (Wildman–Crippen MR) is 112 cm³/mol. The molecule has 2 aromatic rings. The maximum absolute atomic E-state index is 12.6. The van der Waals surface area contributed by atoms with Crippen molar-refractivity contribution in [1.82, 2.24) is 0 Å². The van der Waals surface area contributed by atoms with Gasteiger partial charge in [0, 0.05) is 5.56 Å². The Bertz CT molecular complexity index is 699. The average molecular weight is 371 g/mol. The fourth-order valence-electron chi connectivity index (χ4n) is 2.51. The monoisotopic (exact) mass is 370 g/mol. The van der Waals surface area contributed by atoms with Gasteiger partial charge in [0.2, 0.25) is 0 Å². The van der Waals surface area contributed by atoms with E-state index in [0.717, 1.165) is 35.2 Å². The van der Waals surface area contributed by atoms with Crippen molar-refractivity contribution >= 4 is 49.9 Å². The summed E-state index contributed by atoms with van der Waals surface area (Å²) in [6.45, 7) is 6.86. The van der Waals surface area contributed by atoms with Crippen molar-refractivity contribution in [2.45, 2.75) is 40.0 Å². The summed E-state index contributed by atoms with van der Waals surface area (Å²) in [5, 5.41) is 1.57. The van der Waals surface area contributed by atoms with Crippen LogP contribution in [0.2, 0.25) is 5.02 Å². The van der Waals surface area contributed by atoms with Gasteiger partial charge in [-0.3, -0.25) is 4.79 Å². The van der Waals surface area contributed by atoms with E-state index in [2.05, 4.69) is 6.92 Å². The zero-order chi connectivity index (χ0) is 17.5. The Hall–Kier alpha value is -0.773. The van der Waals surface area contributed by atoms with Crippen molar-refractivity contribution < 1.29 is 9.53 Å². The van der Waals surface area contributed by atoms with E-state index in [1.54, 1.807) is 6.07 Å². The predicted octanol–water partition coefficient (Wildman–Crippen LogP) is 5.02. The number of carbonyl (C=O) groups is 1. The van der Waals surface area contributed by atoms with Crippen LogP contribution in [0.25, 0.3) is 0 Å². The summed E-state index contributed by atoms with van der Waals surface area (Å²) in [5.41, 5.74) is 2.72. The van der Waals surface area contributed by atoms with E-state index in [4.69, 9.17) is 16.3 Å². The molecule has 0 N–H and O–H groups in total. The number of carbonyl (C=O) groups excluding carboxylic acids is 1. The van der Waals surface area contributed by atoms with Crippen molar-refractivity contribution in [3.8, 4) is 5.75 Å². The first-order valence-corrected chi connectivity index (χ1v) is 9.70. The number of hydrogen-bond donors (Lipinski definition) is 0. The molecule has 0 aromatic heterocycles. The molecule has 0 saturated carbocycles. The van der Waals surface area contributed by atoms with Crippen LogP contribution < -0.4 is 10.0 Å². The summed E-state index contributed by atoms with van der Waals surface area (Å²) < 4.78 is 5.77. The van der Waals surface area contributed by atoms with Gasteiger partial charge in [0.15, 0.2) is 5.52 Å². The van der Waals surface area contributed by atoms with E-state index < -0.39 is 0 Å². The van der Waals surface area contributed by atoms with Gasteiger partial charge < -0.3 is 4.74 Å². The normalized spacial score (nSPS) is 10.7. The summed E-state index contributed by atoms with van der Waals surface area (Å²) in [6, 6.07) is 11.5. The fourth-order valence-corrected chi connectivity index (χ4v) is 4.04. The number of rotatable bonds is 8. The van der Waals surface area contributed by atoms with Gasteiger partial charge in [-0.2, -0.15) is 0 Å². The van der Waals surface area contributed by atoms with Crippen molar-refractivity contribution in [1.29, 1.82) is 0 Å². The Morgan fingerprint density at radius 1 is 1.12 bits per heavy atom. The third kappa shape index (κ3) is 6.47. The second-order valence-electron chi connectivity index (χ2n) is 5.92. The topological polar surface area (TPSA) is 26.3 Å². The molecule has 0 amide bonds. The molecule has 0 aliphatic rings. The Balaban J connectivity index is 0.00000312. The molecule has 2 aromatic carbocycles. The number of aryl methyl sites for hydroxylation is 2. The van der Waals surface area contributed by atoms with Crippen LogP contribution in [0.15, 0.2) is 36.4 Å². The summed E-state index contributed by atoms with van der Waals surface area (Å²) in [6.07, 6.45) is 3.44. The molecule has 0 heterocycles. The molecule has 1 atom stereocenters. The SMILES string of the molecule is CCCCCOc1ccc(PC(=O)c2c(C)cccc2Cl)c(C)c1.[LiH]. The van der Waals surface area contributed by atoms with Gasteiger partial charge in [-0.25, -0.2) is 0 Å². The Morgan fingerprint density at radius 3 is 2.52 bits per heavy atom. The summed E-state index contributed by atoms with van der Waals surface area (Å²) in [7, 11) is 0.0671. The van der Waals surface area contributed by atoms with E-state index in [0.29, 0.717) is 10.6 Å². The molecule has 0 aliphatic carbocycles. The Morgan fingerprint density at radius 2 is 1.88 bits per heavy atom. The molecular weight excluding hydrogens is 346 g/mol. The van der Waals surface area contributed by atoms with Crippen LogP contribution in [0, 0.1) is 13.8 Å². The second kappa shape index (κ2) is 11.0. The van der Waals surface area contributed by atoms with Gasteiger partial charge in [-0.15, -0.1) is 0 Å². The molecule has 0 aliphatic heterocycles. The zero-order valence-corrected chi connectivity index (χ0v) is 16.2. The molecule has 0 fully saturated rings. The van der Waals surface area contributed by atoms with Gasteiger partial charge in [-0.1, -0.05) is 49.6 Å². The maximum atomic E-state index is 12.6. The van der Waals surface area contributed by atoms with Crippen LogP contribution in [0.3, 0.4) is 0 Å². The number of benzene rings is 2. The minimum absolute atomic E-state index is 0. The van der Waals surface area contributed by atoms with Crippen LogP contribution in [0.1, 0.15) is 47.7 Å². The van der Waals surface area contributed by atoms with Crippen molar-refractivity contribution in [2.75, 3.05) is 6.61 Å². The fraction of sp³-hybridized carbons (Fsp3) is 0.350. The van der Waals surface area contributed by atoms with Crippen LogP contribution in [-0.4, -0.2) is 31.0 Å². The van der Waals surface area contributed by atoms with E-state index in [1.807, 2.05) is 44.2 Å². The molecule has 0 saturated heterocycles. The van der Waals surface area contributed by atoms with E-state index in [1.165, 1.54) is 12.8 Å². The third-order valence-electron chi connectivity index (χ3n) is 3.91. The van der Waals surface area contributed by atoms with E-state index >= 15 is 0 Å². The minimum atomic E-state index is 0. The molecule has 1 unspecified atom stereocenters.